The number of nitrogens with one attached hydrogen (secondary N) is 1. The van der Waals surface area contributed by atoms with Gasteiger partial charge in [-0.3, -0.25) is 0 Å². The number of anilines is 2. The highest BCUT2D eigenvalue weighted by atomic mass is 16.5. The van der Waals surface area contributed by atoms with Crippen molar-refractivity contribution < 1.29 is 4.74 Å². The van der Waals surface area contributed by atoms with Crippen molar-refractivity contribution in [1.82, 2.24) is 9.97 Å². The van der Waals surface area contributed by atoms with Gasteiger partial charge in [0.15, 0.2) is 0 Å². The highest BCUT2D eigenvalue weighted by molar-refractivity contribution is 5.52. The van der Waals surface area contributed by atoms with Crippen LogP contribution in [0, 0.1) is 0 Å². The average molecular weight is 367 g/mol. The van der Waals surface area contributed by atoms with Gasteiger partial charge in [-0.05, 0) is 42.5 Å². The minimum Gasteiger partial charge on any atom is -0.497 e. The first kappa shape index (κ1) is 18.1. The standard InChI is InChI=1S/C22H30N4O/c1-15(2)22-24-20(23-18-6-4-5-7-18)13-21(25-22)26-11-10-16-12-19(27-3)9-8-17(16)14-26/h8-9,12-13,15,18H,4-7,10-11,14H2,1-3H3,(H,23,24,25). The Kier molecular flexibility index (Phi) is 5.19. The largest absolute Gasteiger partial charge is 0.497 e. The van der Waals surface area contributed by atoms with Crippen molar-refractivity contribution in [2.45, 2.75) is 64.5 Å². The molecule has 1 fully saturated rings. The van der Waals surface area contributed by atoms with Crippen LogP contribution in [0.25, 0.3) is 0 Å². The SMILES string of the molecule is COc1ccc2c(c1)CCN(c1cc(NC3CCCC3)nc(C(C)C)n1)C2. The second-order valence-corrected chi connectivity index (χ2v) is 8.06. The summed E-state index contributed by atoms with van der Waals surface area (Å²) in [5.74, 6) is 4.20. The number of rotatable bonds is 5. The average Bonchev–Trinajstić information content (AvgIpc) is 3.19. The Hall–Kier alpha value is -2.30. The fraction of sp³-hybridized carbons (Fsp3) is 0.545. The van der Waals surface area contributed by atoms with Crippen molar-refractivity contribution in [3.05, 3.63) is 41.2 Å². The first-order chi connectivity index (χ1) is 13.1. The van der Waals surface area contributed by atoms with Crippen molar-refractivity contribution in [2.75, 3.05) is 23.9 Å². The van der Waals surface area contributed by atoms with E-state index in [0.29, 0.717) is 12.0 Å². The number of methoxy groups -OCH3 is 1. The number of nitrogens with zero attached hydrogens (tertiary/aromatic N) is 3. The molecule has 2 aliphatic rings. The molecule has 1 aromatic heterocycles. The molecule has 5 heteroatoms. The molecule has 0 spiro atoms. The van der Waals surface area contributed by atoms with E-state index in [0.717, 1.165) is 42.7 Å². The van der Waals surface area contributed by atoms with Gasteiger partial charge in [-0.25, -0.2) is 9.97 Å². The van der Waals surface area contributed by atoms with Crippen LogP contribution in [0.2, 0.25) is 0 Å². The van der Waals surface area contributed by atoms with Gasteiger partial charge in [0.05, 0.1) is 7.11 Å². The van der Waals surface area contributed by atoms with Crippen molar-refractivity contribution in [2.24, 2.45) is 0 Å². The summed E-state index contributed by atoms with van der Waals surface area (Å²) in [5.41, 5.74) is 2.74. The number of hydrogen-bond acceptors (Lipinski definition) is 5. The molecule has 0 unspecified atom stereocenters. The third kappa shape index (κ3) is 4.02. The van der Waals surface area contributed by atoms with Gasteiger partial charge in [0.25, 0.3) is 0 Å². The summed E-state index contributed by atoms with van der Waals surface area (Å²) in [7, 11) is 1.73. The number of ether oxygens (including phenoxy) is 1. The fourth-order valence-corrected chi connectivity index (χ4v) is 4.08. The van der Waals surface area contributed by atoms with E-state index in [2.05, 4.69) is 48.3 Å². The topological polar surface area (TPSA) is 50.3 Å². The summed E-state index contributed by atoms with van der Waals surface area (Å²) >= 11 is 0. The molecule has 0 saturated heterocycles. The molecule has 0 atom stereocenters. The van der Waals surface area contributed by atoms with E-state index in [1.54, 1.807) is 7.11 Å². The third-order valence-corrected chi connectivity index (χ3v) is 5.70. The molecule has 1 aliphatic heterocycles. The molecule has 1 N–H and O–H groups in total. The number of benzene rings is 1. The van der Waals surface area contributed by atoms with E-state index in [9.17, 15) is 0 Å². The van der Waals surface area contributed by atoms with Crippen LogP contribution in [-0.2, 0) is 13.0 Å². The second kappa shape index (κ2) is 7.75. The summed E-state index contributed by atoms with van der Waals surface area (Å²) in [6, 6.07) is 9.09. The maximum atomic E-state index is 5.37. The van der Waals surface area contributed by atoms with Gasteiger partial charge < -0.3 is 15.0 Å². The van der Waals surface area contributed by atoms with Crippen LogP contribution in [0.1, 0.15) is 62.4 Å². The van der Waals surface area contributed by atoms with Crippen LogP contribution >= 0.6 is 0 Å². The van der Waals surface area contributed by atoms with Crippen LogP contribution in [0.3, 0.4) is 0 Å². The highest BCUT2D eigenvalue weighted by Gasteiger charge is 2.21. The molecule has 144 valence electrons. The molecule has 1 saturated carbocycles. The summed E-state index contributed by atoms with van der Waals surface area (Å²) in [6.45, 7) is 6.18. The zero-order valence-electron chi connectivity index (χ0n) is 16.7. The number of hydrogen-bond donors (Lipinski definition) is 1. The lowest BCUT2D eigenvalue weighted by molar-refractivity contribution is 0.413. The van der Waals surface area contributed by atoms with Crippen molar-refractivity contribution in [1.29, 1.82) is 0 Å². The highest BCUT2D eigenvalue weighted by Crippen LogP contribution is 2.29. The Morgan fingerprint density at radius 1 is 1.11 bits per heavy atom. The third-order valence-electron chi connectivity index (χ3n) is 5.70. The second-order valence-electron chi connectivity index (χ2n) is 8.06. The molecule has 1 aromatic carbocycles. The van der Waals surface area contributed by atoms with E-state index in [1.165, 1.54) is 36.8 Å². The van der Waals surface area contributed by atoms with Gasteiger partial charge in [0.1, 0.15) is 23.2 Å². The Bertz CT molecular complexity index is 799. The van der Waals surface area contributed by atoms with Gasteiger partial charge >= 0.3 is 0 Å². The molecule has 27 heavy (non-hydrogen) atoms. The maximum Gasteiger partial charge on any atom is 0.135 e. The number of aromatic nitrogens is 2. The van der Waals surface area contributed by atoms with Crippen LogP contribution < -0.4 is 15.0 Å². The lowest BCUT2D eigenvalue weighted by atomic mass is 9.99. The van der Waals surface area contributed by atoms with Crippen LogP contribution in [0.4, 0.5) is 11.6 Å². The molecule has 1 aliphatic carbocycles. The van der Waals surface area contributed by atoms with Gasteiger partial charge in [0, 0.05) is 31.1 Å². The molecular weight excluding hydrogens is 336 g/mol. The molecule has 2 heterocycles. The van der Waals surface area contributed by atoms with Crippen LogP contribution in [0.5, 0.6) is 5.75 Å². The predicted molar refractivity (Wildman–Crippen MR) is 110 cm³/mol. The minimum absolute atomic E-state index is 0.315. The molecule has 2 aromatic rings. The molecule has 5 nitrogen and oxygen atoms in total. The van der Waals surface area contributed by atoms with Gasteiger partial charge in [-0.1, -0.05) is 32.8 Å². The quantitative estimate of drug-likeness (QED) is 0.843. The maximum absolute atomic E-state index is 5.37. The zero-order chi connectivity index (χ0) is 18.8. The van der Waals surface area contributed by atoms with Crippen molar-refractivity contribution in [3.63, 3.8) is 0 Å². The summed E-state index contributed by atoms with van der Waals surface area (Å²) in [4.78, 5) is 12.1. The fourth-order valence-electron chi connectivity index (χ4n) is 4.08. The monoisotopic (exact) mass is 366 g/mol. The van der Waals surface area contributed by atoms with E-state index in [-0.39, 0.29) is 0 Å². The Labute approximate surface area is 162 Å². The van der Waals surface area contributed by atoms with Gasteiger partial charge in [-0.2, -0.15) is 0 Å². The molecular formula is C22H30N4O. The number of fused-ring (bicyclic) bond motifs is 1. The van der Waals surface area contributed by atoms with Crippen molar-refractivity contribution in [3.8, 4) is 5.75 Å². The lowest BCUT2D eigenvalue weighted by Crippen LogP contribution is -2.31. The summed E-state index contributed by atoms with van der Waals surface area (Å²) in [5, 5.41) is 3.66. The van der Waals surface area contributed by atoms with Crippen LogP contribution in [0.15, 0.2) is 24.3 Å². The molecule has 4 rings (SSSR count). The molecule has 0 radical (unpaired) electrons. The molecule has 0 amide bonds. The summed E-state index contributed by atoms with van der Waals surface area (Å²) in [6.07, 6.45) is 6.14. The van der Waals surface area contributed by atoms with Crippen LogP contribution in [-0.4, -0.2) is 29.7 Å². The smallest absolute Gasteiger partial charge is 0.135 e. The van der Waals surface area contributed by atoms with Gasteiger partial charge in [0.2, 0.25) is 0 Å². The predicted octanol–water partition coefficient (Wildman–Crippen LogP) is 4.53. The van der Waals surface area contributed by atoms with E-state index >= 15 is 0 Å². The Morgan fingerprint density at radius 3 is 2.67 bits per heavy atom. The Morgan fingerprint density at radius 2 is 1.93 bits per heavy atom. The van der Waals surface area contributed by atoms with E-state index in [1.807, 2.05) is 0 Å². The Balaban J connectivity index is 1.59. The van der Waals surface area contributed by atoms with E-state index < -0.39 is 0 Å². The zero-order valence-corrected chi connectivity index (χ0v) is 16.7. The van der Waals surface area contributed by atoms with E-state index in [4.69, 9.17) is 14.7 Å². The first-order valence-corrected chi connectivity index (χ1v) is 10.2. The first-order valence-electron chi connectivity index (χ1n) is 10.2. The molecule has 0 bridgehead atoms. The lowest BCUT2D eigenvalue weighted by Gasteiger charge is -2.31. The minimum atomic E-state index is 0.315. The van der Waals surface area contributed by atoms with Gasteiger partial charge in [-0.15, -0.1) is 0 Å². The summed E-state index contributed by atoms with van der Waals surface area (Å²) < 4.78 is 5.37. The van der Waals surface area contributed by atoms with Crippen molar-refractivity contribution >= 4 is 11.6 Å². The normalized spacial score (nSPS) is 17.3.